The lowest BCUT2D eigenvalue weighted by molar-refractivity contribution is -0.148. The van der Waals surface area contributed by atoms with Crippen LogP contribution in [-0.2, 0) is 9.53 Å². The molecule has 0 amide bonds. The molecule has 88 valence electrons. The van der Waals surface area contributed by atoms with E-state index >= 15 is 0 Å². The van der Waals surface area contributed by atoms with E-state index in [2.05, 4.69) is 0 Å². The zero-order chi connectivity index (χ0) is 12.3. The molecular formula is C12H16O4. The maximum Gasteiger partial charge on any atom is 0.337 e. The van der Waals surface area contributed by atoms with E-state index in [0.29, 0.717) is 5.56 Å². The zero-order valence-corrected chi connectivity index (χ0v) is 9.90. The minimum atomic E-state index is -0.994. The molecule has 1 atom stereocenters. The monoisotopic (exact) mass is 224 g/mol. The van der Waals surface area contributed by atoms with E-state index in [4.69, 9.17) is 14.6 Å². The number of carboxylic acids is 1. The highest BCUT2D eigenvalue weighted by Gasteiger charge is 2.20. The number of hydrogen-bond acceptors (Lipinski definition) is 3. The van der Waals surface area contributed by atoms with Gasteiger partial charge >= 0.3 is 5.97 Å². The lowest BCUT2D eigenvalue weighted by atomic mass is 10.0. The molecular weight excluding hydrogens is 208 g/mol. The number of rotatable bonds is 4. The minimum absolute atomic E-state index is 0.630. The molecule has 0 aliphatic heterocycles. The molecule has 1 aromatic carbocycles. The van der Waals surface area contributed by atoms with Gasteiger partial charge in [0.25, 0.3) is 0 Å². The minimum Gasteiger partial charge on any atom is -0.496 e. The van der Waals surface area contributed by atoms with Crippen molar-refractivity contribution < 1.29 is 19.4 Å². The van der Waals surface area contributed by atoms with Gasteiger partial charge in [0, 0.05) is 7.11 Å². The van der Waals surface area contributed by atoms with Gasteiger partial charge in [-0.25, -0.2) is 4.79 Å². The van der Waals surface area contributed by atoms with Gasteiger partial charge in [0.1, 0.15) is 5.75 Å². The summed E-state index contributed by atoms with van der Waals surface area (Å²) in [5, 5.41) is 8.98. The first-order chi connectivity index (χ1) is 7.51. The molecule has 0 fully saturated rings. The van der Waals surface area contributed by atoms with Gasteiger partial charge in [-0.3, -0.25) is 0 Å². The predicted molar refractivity (Wildman–Crippen MR) is 59.9 cm³/mol. The third-order valence-electron chi connectivity index (χ3n) is 2.45. The largest absolute Gasteiger partial charge is 0.496 e. The second kappa shape index (κ2) is 4.99. The lowest BCUT2D eigenvalue weighted by Gasteiger charge is -2.15. The Bertz CT molecular complexity index is 375. The number of carboxylic acid groups (broad SMARTS) is 1. The third kappa shape index (κ3) is 2.33. The van der Waals surface area contributed by atoms with E-state index in [9.17, 15) is 4.79 Å². The fourth-order valence-electron chi connectivity index (χ4n) is 1.84. The lowest BCUT2D eigenvalue weighted by Crippen LogP contribution is -2.14. The van der Waals surface area contributed by atoms with Crippen LogP contribution in [-0.4, -0.2) is 25.3 Å². The highest BCUT2D eigenvalue weighted by Crippen LogP contribution is 2.28. The van der Waals surface area contributed by atoms with Crippen molar-refractivity contribution in [1.82, 2.24) is 0 Å². The smallest absolute Gasteiger partial charge is 0.337 e. The number of ether oxygens (including phenoxy) is 2. The van der Waals surface area contributed by atoms with Crippen molar-refractivity contribution >= 4 is 5.97 Å². The summed E-state index contributed by atoms with van der Waals surface area (Å²) in [6.07, 6.45) is -0.927. The van der Waals surface area contributed by atoms with E-state index in [1.165, 1.54) is 7.11 Å². The number of carbonyl (C=O) groups is 1. The normalized spacial score (nSPS) is 12.2. The number of methoxy groups -OCH3 is 2. The van der Waals surface area contributed by atoms with Gasteiger partial charge in [0.05, 0.1) is 7.11 Å². The molecule has 0 aliphatic rings. The van der Waals surface area contributed by atoms with Gasteiger partial charge in [0.15, 0.2) is 6.10 Å². The van der Waals surface area contributed by atoms with Crippen molar-refractivity contribution in [1.29, 1.82) is 0 Å². The van der Waals surface area contributed by atoms with Crippen LogP contribution >= 0.6 is 0 Å². The first-order valence-electron chi connectivity index (χ1n) is 4.92. The highest BCUT2D eigenvalue weighted by atomic mass is 16.5. The maximum atomic E-state index is 11.0. The Labute approximate surface area is 94.8 Å². The Morgan fingerprint density at radius 1 is 1.25 bits per heavy atom. The number of hydrogen-bond donors (Lipinski definition) is 1. The molecule has 16 heavy (non-hydrogen) atoms. The molecule has 0 heterocycles. The van der Waals surface area contributed by atoms with Gasteiger partial charge in [0.2, 0.25) is 0 Å². The first-order valence-corrected chi connectivity index (χ1v) is 4.92. The summed E-state index contributed by atoms with van der Waals surface area (Å²) in [5.41, 5.74) is 2.44. The van der Waals surface area contributed by atoms with E-state index in [-0.39, 0.29) is 0 Å². The van der Waals surface area contributed by atoms with Crippen LogP contribution in [0.25, 0.3) is 0 Å². The molecule has 1 aromatic rings. The van der Waals surface area contributed by atoms with Crippen molar-refractivity contribution in [3.8, 4) is 5.75 Å². The van der Waals surface area contributed by atoms with Crippen LogP contribution in [0.4, 0.5) is 0 Å². The molecule has 1 N–H and O–H groups in total. The zero-order valence-electron chi connectivity index (χ0n) is 9.90. The summed E-state index contributed by atoms with van der Waals surface area (Å²) in [6.45, 7) is 3.76. The molecule has 0 aliphatic carbocycles. The summed E-state index contributed by atoms with van der Waals surface area (Å²) in [5.74, 6) is -0.213. The van der Waals surface area contributed by atoms with E-state index < -0.39 is 12.1 Å². The fraction of sp³-hybridized carbons (Fsp3) is 0.417. The van der Waals surface area contributed by atoms with Crippen LogP contribution in [0.3, 0.4) is 0 Å². The van der Waals surface area contributed by atoms with Crippen LogP contribution in [0.1, 0.15) is 22.8 Å². The Balaban J connectivity index is 3.21. The van der Waals surface area contributed by atoms with E-state index in [1.54, 1.807) is 19.2 Å². The van der Waals surface area contributed by atoms with Crippen LogP contribution in [0.2, 0.25) is 0 Å². The molecule has 4 heteroatoms. The van der Waals surface area contributed by atoms with Crippen molar-refractivity contribution in [3.63, 3.8) is 0 Å². The number of benzene rings is 1. The Morgan fingerprint density at radius 2 is 1.75 bits per heavy atom. The average Bonchev–Trinajstić information content (AvgIpc) is 2.17. The van der Waals surface area contributed by atoms with Crippen molar-refractivity contribution in [2.75, 3.05) is 14.2 Å². The number of aryl methyl sites for hydroxylation is 2. The average molecular weight is 224 g/mol. The Kier molecular flexibility index (Phi) is 3.90. The Morgan fingerprint density at radius 3 is 2.06 bits per heavy atom. The van der Waals surface area contributed by atoms with E-state index in [1.807, 2.05) is 13.8 Å². The van der Waals surface area contributed by atoms with Crippen LogP contribution in [0.5, 0.6) is 5.75 Å². The molecule has 1 rings (SSSR count). The van der Waals surface area contributed by atoms with Crippen LogP contribution < -0.4 is 4.74 Å². The second-order valence-corrected chi connectivity index (χ2v) is 3.64. The quantitative estimate of drug-likeness (QED) is 0.850. The molecule has 0 saturated heterocycles. The van der Waals surface area contributed by atoms with Crippen LogP contribution in [0.15, 0.2) is 12.1 Å². The fourth-order valence-corrected chi connectivity index (χ4v) is 1.84. The maximum absolute atomic E-state index is 11.0. The molecule has 1 unspecified atom stereocenters. The number of aliphatic carboxylic acids is 1. The summed E-state index contributed by atoms with van der Waals surface area (Å²) in [6, 6.07) is 3.54. The Hall–Kier alpha value is -1.55. The van der Waals surface area contributed by atoms with Crippen molar-refractivity contribution in [2.45, 2.75) is 20.0 Å². The molecule has 0 bridgehead atoms. The van der Waals surface area contributed by atoms with Gasteiger partial charge in [-0.05, 0) is 42.7 Å². The summed E-state index contributed by atoms with van der Waals surface area (Å²) in [4.78, 5) is 11.0. The van der Waals surface area contributed by atoms with Crippen molar-refractivity contribution in [3.05, 3.63) is 28.8 Å². The van der Waals surface area contributed by atoms with Gasteiger partial charge in [-0.15, -0.1) is 0 Å². The van der Waals surface area contributed by atoms with Crippen molar-refractivity contribution in [2.24, 2.45) is 0 Å². The third-order valence-corrected chi connectivity index (χ3v) is 2.45. The predicted octanol–water partition coefficient (Wildman–Crippen LogP) is 2.08. The highest BCUT2D eigenvalue weighted by molar-refractivity contribution is 5.74. The van der Waals surface area contributed by atoms with Gasteiger partial charge < -0.3 is 14.6 Å². The molecule has 0 radical (unpaired) electrons. The SMILES string of the molecule is COc1c(C)cc(C(OC)C(=O)O)cc1C. The summed E-state index contributed by atoms with van der Waals surface area (Å²) >= 11 is 0. The topological polar surface area (TPSA) is 55.8 Å². The van der Waals surface area contributed by atoms with Gasteiger partial charge in [-0.2, -0.15) is 0 Å². The summed E-state index contributed by atoms with van der Waals surface area (Å²) in [7, 11) is 2.98. The van der Waals surface area contributed by atoms with Gasteiger partial charge in [-0.1, -0.05) is 0 Å². The standard InChI is InChI=1S/C12H16O4/c1-7-5-9(11(16-4)12(13)14)6-8(2)10(7)15-3/h5-6,11H,1-4H3,(H,13,14). The first kappa shape index (κ1) is 12.5. The molecule has 4 nitrogen and oxygen atoms in total. The second-order valence-electron chi connectivity index (χ2n) is 3.64. The summed E-state index contributed by atoms with van der Waals surface area (Å²) < 4.78 is 10.2. The molecule has 0 aromatic heterocycles. The molecule has 0 spiro atoms. The molecule has 0 saturated carbocycles. The van der Waals surface area contributed by atoms with Crippen LogP contribution in [0, 0.1) is 13.8 Å². The van der Waals surface area contributed by atoms with E-state index in [0.717, 1.165) is 16.9 Å².